The second-order valence-corrected chi connectivity index (χ2v) is 10.8. The molecule has 2 heterocycles. The van der Waals surface area contributed by atoms with E-state index in [9.17, 15) is 4.79 Å². The second kappa shape index (κ2) is 6.72. The molecule has 4 fully saturated rings. The highest BCUT2D eigenvalue weighted by Crippen LogP contribution is 2.69. The van der Waals surface area contributed by atoms with Crippen molar-refractivity contribution in [1.82, 2.24) is 9.55 Å². The smallest absolute Gasteiger partial charge is 0.260 e. The number of aromatic nitrogens is 2. The molecule has 0 radical (unpaired) electrons. The van der Waals surface area contributed by atoms with E-state index < -0.39 is 0 Å². The Bertz CT molecular complexity index is 1080. The van der Waals surface area contributed by atoms with E-state index >= 15 is 0 Å². The second-order valence-electron chi connectivity index (χ2n) is 9.97. The highest BCUT2D eigenvalue weighted by molar-refractivity contribution is 6.43. The van der Waals surface area contributed by atoms with E-state index in [1.54, 1.807) is 24.3 Å². The van der Waals surface area contributed by atoms with Crippen molar-refractivity contribution in [2.75, 3.05) is 24.5 Å². The van der Waals surface area contributed by atoms with E-state index in [2.05, 4.69) is 18.7 Å². The maximum atomic E-state index is 13.1. The molecule has 4 aliphatic rings. The summed E-state index contributed by atoms with van der Waals surface area (Å²) >= 11 is 12.5. The molecule has 2 aromatic rings. The van der Waals surface area contributed by atoms with Crippen LogP contribution in [0.25, 0.3) is 5.69 Å². The van der Waals surface area contributed by atoms with Crippen molar-refractivity contribution in [3.05, 3.63) is 50.5 Å². The minimum Gasteiger partial charge on any atom is -0.355 e. The van der Waals surface area contributed by atoms with E-state index in [1.165, 1.54) is 17.4 Å². The van der Waals surface area contributed by atoms with Gasteiger partial charge in [0.2, 0.25) is 0 Å². The minimum atomic E-state index is -0.150. The maximum absolute atomic E-state index is 13.1. The molecule has 1 aromatic heterocycles. The van der Waals surface area contributed by atoms with E-state index in [1.807, 2.05) is 6.92 Å². The van der Waals surface area contributed by atoms with E-state index in [-0.39, 0.29) is 11.0 Å². The first-order chi connectivity index (χ1) is 14.2. The number of nitrogens with zero attached hydrogens (tertiary/aromatic N) is 3. The molecule has 1 aromatic carbocycles. The zero-order valence-electron chi connectivity index (χ0n) is 17.7. The lowest BCUT2D eigenvalue weighted by molar-refractivity contribution is -0.167. The number of benzene rings is 1. The molecule has 4 atom stereocenters. The molecule has 5 nitrogen and oxygen atoms in total. The Hall–Kier alpha value is -1.56. The lowest BCUT2D eigenvalue weighted by Crippen LogP contribution is -2.63. The lowest BCUT2D eigenvalue weighted by Gasteiger charge is -2.66. The summed E-state index contributed by atoms with van der Waals surface area (Å²) in [5, 5.41) is 0.773. The van der Waals surface area contributed by atoms with Crippen LogP contribution >= 0.6 is 23.2 Å². The third-order valence-electron chi connectivity index (χ3n) is 8.42. The molecule has 3 unspecified atom stereocenters. The number of hydrogen-bond donors (Lipinski definition) is 1. The van der Waals surface area contributed by atoms with Crippen LogP contribution in [0.3, 0.4) is 0 Å². The fourth-order valence-corrected chi connectivity index (χ4v) is 7.07. The van der Waals surface area contributed by atoms with Gasteiger partial charge in [-0.3, -0.25) is 9.36 Å². The van der Waals surface area contributed by atoms with Gasteiger partial charge in [-0.1, -0.05) is 43.1 Å². The van der Waals surface area contributed by atoms with Crippen LogP contribution < -0.4 is 16.2 Å². The highest BCUT2D eigenvalue weighted by atomic mass is 35.5. The first kappa shape index (κ1) is 20.3. The summed E-state index contributed by atoms with van der Waals surface area (Å²) in [6.07, 6.45) is 2.52. The number of halogens is 2. The zero-order chi connectivity index (χ0) is 21.4. The summed E-state index contributed by atoms with van der Waals surface area (Å²) in [6, 6.07) is 6.90. The summed E-state index contributed by atoms with van der Waals surface area (Å²) in [5.41, 5.74) is 7.30. The maximum Gasteiger partial charge on any atom is 0.260 e. The summed E-state index contributed by atoms with van der Waals surface area (Å²) in [7, 11) is 0. The number of anilines is 1. The van der Waals surface area contributed by atoms with Crippen molar-refractivity contribution in [3.8, 4) is 5.69 Å². The van der Waals surface area contributed by atoms with Gasteiger partial charge in [-0.15, -0.1) is 0 Å². The molecule has 3 aliphatic carbocycles. The molecule has 0 amide bonds. The van der Waals surface area contributed by atoms with Gasteiger partial charge in [0.1, 0.15) is 11.6 Å². The Morgan fingerprint density at radius 1 is 1.23 bits per heavy atom. The molecule has 6 rings (SSSR count). The molecule has 160 valence electrons. The van der Waals surface area contributed by atoms with Gasteiger partial charge in [-0.2, -0.15) is 0 Å². The molecule has 2 bridgehead atoms. The van der Waals surface area contributed by atoms with Gasteiger partial charge >= 0.3 is 0 Å². The topological polar surface area (TPSA) is 64.2 Å². The first-order valence-corrected chi connectivity index (χ1v) is 11.4. The van der Waals surface area contributed by atoms with Crippen LogP contribution in [0.1, 0.15) is 32.5 Å². The Balaban J connectivity index is 1.51. The van der Waals surface area contributed by atoms with E-state index in [0.29, 0.717) is 45.4 Å². The fraction of sp³-hybridized carbons (Fsp3) is 0.565. The molecule has 0 spiro atoms. The molecule has 3 saturated carbocycles. The van der Waals surface area contributed by atoms with Gasteiger partial charge in [-0.05, 0) is 55.1 Å². The largest absolute Gasteiger partial charge is 0.355 e. The zero-order valence-corrected chi connectivity index (χ0v) is 19.2. The van der Waals surface area contributed by atoms with Gasteiger partial charge in [0.05, 0.1) is 15.7 Å². The normalized spacial score (nSPS) is 31.4. The number of aryl methyl sites for hydroxylation is 1. The van der Waals surface area contributed by atoms with Gasteiger partial charge in [0.15, 0.2) is 0 Å². The molecule has 30 heavy (non-hydrogen) atoms. The van der Waals surface area contributed by atoms with Crippen molar-refractivity contribution in [2.45, 2.75) is 33.6 Å². The quantitative estimate of drug-likeness (QED) is 0.763. The number of hydrogen-bond acceptors (Lipinski definition) is 4. The number of rotatable bonds is 3. The summed E-state index contributed by atoms with van der Waals surface area (Å²) in [6.45, 7) is 9.14. The highest BCUT2D eigenvalue weighted by Gasteiger charge is 2.66. The van der Waals surface area contributed by atoms with Crippen molar-refractivity contribution >= 4 is 29.0 Å². The van der Waals surface area contributed by atoms with Crippen LogP contribution in [0.15, 0.2) is 29.1 Å². The van der Waals surface area contributed by atoms with Crippen LogP contribution in [0.5, 0.6) is 0 Å². The van der Waals surface area contributed by atoms with Gasteiger partial charge in [0.25, 0.3) is 5.56 Å². The number of nitrogens with two attached hydrogens (primary N) is 1. The third kappa shape index (κ3) is 2.64. The SMILES string of the molecule is Cc1nc(N2CC3CC4CC(C4(C)C)[C@@]3(CN)C2)cc(=O)n1-c1cccc(Cl)c1Cl. The lowest BCUT2D eigenvalue weighted by atomic mass is 9.38. The molecule has 2 N–H and O–H groups in total. The van der Waals surface area contributed by atoms with Crippen LogP contribution in [0.4, 0.5) is 5.82 Å². The Kier molecular flexibility index (Phi) is 4.56. The minimum absolute atomic E-state index is 0.124. The predicted octanol–water partition coefficient (Wildman–Crippen LogP) is 4.30. The summed E-state index contributed by atoms with van der Waals surface area (Å²) in [5.74, 6) is 3.36. The Morgan fingerprint density at radius 2 is 2.00 bits per heavy atom. The summed E-state index contributed by atoms with van der Waals surface area (Å²) in [4.78, 5) is 20.2. The molecule has 1 saturated heterocycles. The van der Waals surface area contributed by atoms with Crippen LogP contribution in [0.2, 0.25) is 10.0 Å². The van der Waals surface area contributed by atoms with Gasteiger partial charge in [0, 0.05) is 31.1 Å². The van der Waals surface area contributed by atoms with Crippen molar-refractivity contribution in [3.63, 3.8) is 0 Å². The molecule has 7 heteroatoms. The third-order valence-corrected chi connectivity index (χ3v) is 9.23. The molecular formula is C23H28Cl2N4O. The molecule has 1 aliphatic heterocycles. The first-order valence-electron chi connectivity index (χ1n) is 10.7. The van der Waals surface area contributed by atoms with Crippen LogP contribution in [-0.4, -0.2) is 29.2 Å². The Labute approximate surface area is 187 Å². The van der Waals surface area contributed by atoms with Gasteiger partial charge < -0.3 is 10.6 Å². The van der Waals surface area contributed by atoms with Crippen molar-refractivity contribution in [1.29, 1.82) is 0 Å². The van der Waals surface area contributed by atoms with Crippen LogP contribution in [-0.2, 0) is 0 Å². The molecular weight excluding hydrogens is 419 g/mol. The fourth-order valence-electron chi connectivity index (χ4n) is 6.69. The standard InChI is InChI=1S/C23H28Cl2N4O/c1-13-27-19(9-20(30)29(13)17-6-4-5-16(24)21(17)25)28-10-15-7-14-8-18(22(14,2)3)23(15,11-26)12-28/h4-6,9,14-15,18H,7-8,10-12,26H2,1-3H3/t14?,15?,18?,23-/m0/s1. The van der Waals surface area contributed by atoms with Crippen LogP contribution in [0, 0.1) is 35.5 Å². The predicted molar refractivity (Wildman–Crippen MR) is 122 cm³/mol. The monoisotopic (exact) mass is 446 g/mol. The van der Waals surface area contributed by atoms with Crippen molar-refractivity contribution < 1.29 is 0 Å². The van der Waals surface area contributed by atoms with E-state index in [4.69, 9.17) is 33.9 Å². The average Bonchev–Trinajstić information content (AvgIpc) is 3.10. The van der Waals surface area contributed by atoms with Crippen molar-refractivity contribution in [2.24, 2.45) is 34.3 Å². The van der Waals surface area contributed by atoms with E-state index in [0.717, 1.165) is 24.8 Å². The average molecular weight is 447 g/mol. The summed E-state index contributed by atoms with van der Waals surface area (Å²) < 4.78 is 1.53. The Morgan fingerprint density at radius 3 is 2.67 bits per heavy atom. The van der Waals surface area contributed by atoms with Gasteiger partial charge in [-0.25, -0.2) is 4.98 Å².